The predicted molar refractivity (Wildman–Crippen MR) is 85.2 cm³/mol. The molecule has 2 heteroatoms. The molecule has 2 aromatic carbocycles. The highest BCUT2D eigenvalue weighted by Crippen LogP contribution is 2.32. The number of aromatic nitrogens is 1. The van der Waals surface area contributed by atoms with Crippen molar-refractivity contribution in [2.75, 3.05) is 0 Å². The fourth-order valence-electron chi connectivity index (χ4n) is 2.49. The van der Waals surface area contributed by atoms with E-state index in [0.717, 1.165) is 34.2 Å². The number of carbonyl (C=O) groups excluding carboxylic acids is 1. The van der Waals surface area contributed by atoms with Crippen molar-refractivity contribution in [3.05, 3.63) is 78.0 Å². The Morgan fingerprint density at radius 2 is 1.71 bits per heavy atom. The molecule has 0 aliphatic carbocycles. The second-order valence-electron chi connectivity index (χ2n) is 4.96. The predicted octanol–water partition coefficient (Wildman–Crippen LogP) is 4.54. The van der Waals surface area contributed by atoms with Crippen molar-refractivity contribution in [1.29, 1.82) is 0 Å². The minimum atomic E-state index is 0.681. The Morgan fingerprint density at radius 3 is 2.48 bits per heavy atom. The van der Waals surface area contributed by atoms with Gasteiger partial charge >= 0.3 is 0 Å². The molecule has 3 aromatic rings. The van der Waals surface area contributed by atoms with Gasteiger partial charge in [-0.05, 0) is 35.7 Å². The van der Waals surface area contributed by atoms with Gasteiger partial charge in [0.05, 0.1) is 5.69 Å². The lowest BCUT2D eigenvalue weighted by atomic mass is 9.95. The van der Waals surface area contributed by atoms with Crippen molar-refractivity contribution in [2.45, 2.75) is 6.92 Å². The van der Waals surface area contributed by atoms with Gasteiger partial charge in [0.1, 0.15) is 6.29 Å². The van der Waals surface area contributed by atoms with E-state index >= 15 is 0 Å². The SMILES string of the molecule is Cc1cccnc1-c1ccccc1-c1cccc(C=O)c1. The molecule has 0 unspecified atom stereocenters. The number of rotatable bonds is 3. The maximum Gasteiger partial charge on any atom is 0.150 e. The van der Waals surface area contributed by atoms with E-state index in [-0.39, 0.29) is 0 Å². The van der Waals surface area contributed by atoms with E-state index in [9.17, 15) is 4.79 Å². The van der Waals surface area contributed by atoms with Crippen molar-refractivity contribution in [3.8, 4) is 22.4 Å². The van der Waals surface area contributed by atoms with Crippen molar-refractivity contribution in [3.63, 3.8) is 0 Å². The summed E-state index contributed by atoms with van der Waals surface area (Å²) < 4.78 is 0. The molecule has 21 heavy (non-hydrogen) atoms. The van der Waals surface area contributed by atoms with Crippen LogP contribution in [0.5, 0.6) is 0 Å². The molecule has 0 N–H and O–H groups in total. The normalized spacial score (nSPS) is 10.3. The molecule has 0 radical (unpaired) electrons. The first kappa shape index (κ1) is 13.3. The third kappa shape index (κ3) is 2.61. The molecule has 1 heterocycles. The van der Waals surface area contributed by atoms with E-state index in [1.165, 1.54) is 0 Å². The number of hydrogen-bond donors (Lipinski definition) is 0. The van der Waals surface area contributed by atoms with Gasteiger partial charge < -0.3 is 0 Å². The Labute approximate surface area is 124 Å². The maximum absolute atomic E-state index is 11.0. The van der Waals surface area contributed by atoms with E-state index in [4.69, 9.17) is 0 Å². The maximum atomic E-state index is 11.0. The Hall–Kier alpha value is -2.74. The molecule has 0 bridgehead atoms. The Bertz CT molecular complexity index is 793. The fraction of sp³-hybridized carbons (Fsp3) is 0.0526. The van der Waals surface area contributed by atoms with Gasteiger partial charge in [-0.2, -0.15) is 0 Å². The van der Waals surface area contributed by atoms with E-state index < -0.39 is 0 Å². The average Bonchev–Trinajstić information content (AvgIpc) is 2.55. The molecular formula is C19H15NO. The first-order valence-electron chi connectivity index (χ1n) is 6.86. The number of carbonyl (C=O) groups is 1. The van der Waals surface area contributed by atoms with Gasteiger partial charge in [0, 0.05) is 17.3 Å². The van der Waals surface area contributed by atoms with Gasteiger partial charge in [0.2, 0.25) is 0 Å². The van der Waals surface area contributed by atoms with E-state index in [1.807, 2.05) is 42.5 Å². The summed E-state index contributed by atoms with van der Waals surface area (Å²) in [6.07, 6.45) is 2.68. The number of pyridine rings is 1. The largest absolute Gasteiger partial charge is 0.298 e. The zero-order valence-corrected chi connectivity index (χ0v) is 11.8. The summed E-state index contributed by atoms with van der Waals surface area (Å²) in [6, 6.07) is 19.8. The van der Waals surface area contributed by atoms with Gasteiger partial charge in [-0.1, -0.05) is 48.5 Å². The minimum Gasteiger partial charge on any atom is -0.298 e. The molecular weight excluding hydrogens is 258 g/mol. The highest BCUT2D eigenvalue weighted by Gasteiger charge is 2.10. The quantitative estimate of drug-likeness (QED) is 0.656. The van der Waals surface area contributed by atoms with Crippen LogP contribution in [0.25, 0.3) is 22.4 Å². The molecule has 0 spiro atoms. The lowest BCUT2D eigenvalue weighted by Crippen LogP contribution is -1.91. The van der Waals surface area contributed by atoms with Crippen molar-refractivity contribution in [1.82, 2.24) is 4.98 Å². The van der Waals surface area contributed by atoms with Crippen LogP contribution >= 0.6 is 0 Å². The number of nitrogens with zero attached hydrogens (tertiary/aromatic N) is 1. The monoisotopic (exact) mass is 273 g/mol. The molecule has 1 aromatic heterocycles. The van der Waals surface area contributed by atoms with Crippen molar-refractivity contribution in [2.24, 2.45) is 0 Å². The number of benzene rings is 2. The molecule has 102 valence electrons. The number of aryl methyl sites for hydroxylation is 1. The van der Waals surface area contributed by atoms with Gasteiger partial charge in [-0.15, -0.1) is 0 Å². The van der Waals surface area contributed by atoms with Crippen LogP contribution in [0.3, 0.4) is 0 Å². The van der Waals surface area contributed by atoms with Crippen LogP contribution in [0.2, 0.25) is 0 Å². The van der Waals surface area contributed by atoms with Crippen LogP contribution in [0.1, 0.15) is 15.9 Å². The highest BCUT2D eigenvalue weighted by atomic mass is 16.1. The summed E-state index contributed by atoms with van der Waals surface area (Å²) in [4.78, 5) is 15.5. The van der Waals surface area contributed by atoms with E-state index in [0.29, 0.717) is 5.56 Å². The zero-order chi connectivity index (χ0) is 14.7. The first-order valence-corrected chi connectivity index (χ1v) is 6.86. The lowest BCUT2D eigenvalue weighted by Gasteiger charge is -2.11. The Morgan fingerprint density at radius 1 is 0.905 bits per heavy atom. The van der Waals surface area contributed by atoms with E-state index in [2.05, 4.69) is 30.1 Å². The number of aldehydes is 1. The molecule has 0 amide bonds. The molecule has 0 saturated heterocycles. The van der Waals surface area contributed by atoms with Gasteiger partial charge in [0.15, 0.2) is 0 Å². The minimum absolute atomic E-state index is 0.681. The molecule has 0 atom stereocenters. The van der Waals surface area contributed by atoms with Crippen LogP contribution in [0, 0.1) is 6.92 Å². The number of hydrogen-bond acceptors (Lipinski definition) is 2. The Balaban J connectivity index is 2.21. The lowest BCUT2D eigenvalue weighted by molar-refractivity contribution is 0.112. The standard InChI is InChI=1S/C19H15NO/c1-14-6-5-11-20-19(14)18-10-3-2-9-17(18)16-8-4-7-15(12-16)13-21/h2-13H,1H3. The van der Waals surface area contributed by atoms with Crippen molar-refractivity contribution < 1.29 is 4.79 Å². The third-order valence-electron chi connectivity index (χ3n) is 3.53. The molecule has 0 fully saturated rings. The van der Waals surface area contributed by atoms with Crippen LogP contribution < -0.4 is 0 Å². The summed E-state index contributed by atoms with van der Waals surface area (Å²) in [6.45, 7) is 2.06. The zero-order valence-electron chi connectivity index (χ0n) is 11.8. The smallest absolute Gasteiger partial charge is 0.150 e. The second kappa shape index (κ2) is 5.71. The third-order valence-corrected chi connectivity index (χ3v) is 3.53. The molecule has 0 aliphatic rings. The molecule has 0 saturated carbocycles. The van der Waals surface area contributed by atoms with Gasteiger partial charge in [-0.3, -0.25) is 9.78 Å². The summed E-state index contributed by atoms with van der Waals surface area (Å²) in [5, 5.41) is 0. The molecule has 3 rings (SSSR count). The summed E-state index contributed by atoms with van der Waals surface area (Å²) in [7, 11) is 0. The molecule has 2 nitrogen and oxygen atoms in total. The van der Waals surface area contributed by atoms with Gasteiger partial charge in [0.25, 0.3) is 0 Å². The van der Waals surface area contributed by atoms with Crippen LogP contribution in [0.15, 0.2) is 66.9 Å². The van der Waals surface area contributed by atoms with Gasteiger partial charge in [-0.25, -0.2) is 0 Å². The summed E-state index contributed by atoms with van der Waals surface area (Å²) in [5.74, 6) is 0. The average molecular weight is 273 g/mol. The van der Waals surface area contributed by atoms with E-state index in [1.54, 1.807) is 6.20 Å². The molecule has 0 aliphatic heterocycles. The topological polar surface area (TPSA) is 30.0 Å². The van der Waals surface area contributed by atoms with Crippen molar-refractivity contribution >= 4 is 6.29 Å². The van der Waals surface area contributed by atoms with Crippen LogP contribution in [0.4, 0.5) is 0 Å². The summed E-state index contributed by atoms with van der Waals surface area (Å²) in [5.41, 5.74) is 5.99. The second-order valence-corrected chi connectivity index (χ2v) is 4.96. The first-order chi connectivity index (χ1) is 10.3. The van der Waals surface area contributed by atoms with Crippen LogP contribution in [-0.4, -0.2) is 11.3 Å². The Kier molecular flexibility index (Phi) is 3.61. The fourth-order valence-corrected chi connectivity index (χ4v) is 2.49. The van der Waals surface area contributed by atoms with Crippen LogP contribution in [-0.2, 0) is 0 Å². The summed E-state index contributed by atoms with van der Waals surface area (Å²) >= 11 is 0. The highest BCUT2D eigenvalue weighted by molar-refractivity contribution is 5.85.